The number of hydrogen-bond acceptors (Lipinski definition) is 4. The molecule has 7 nitrogen and oxygen atoms in total. The highest BCUT2D eigenvalue weighted by molar-refractivity contribution is 5.94. The summed E-state index contributed by atoms with van der Waals surface area (Å²) >= 11 is 0. The quantitative estimate of drug-likeness (QED) is 0.716. The predicted molar refractivity (Wildman–Crippen MR) is 112 cm³/mol. The molecular weight excluding hydrogens is 406 g/mol. The second-order valence-electron chi connectivity index (χ2n) is 8.24. The summed E-state index contributed by atoms with van der Waals surface area (Å²) in [4.78, 5) is 40.8. The van der Waals surface area contributed by atoms with Gasteiger partial charge in [0.2, 0.25) is 17.7 Å². The van der Waals surface area contributed by atoms with Gasteiger partial charge in [0, 0.05) is 30.8 Å². The molecule has 1 aromatic rings. The fourth-order valence-corrected chi connectivity index (χ4v) is 4.10. The summed E-state index contributed by atoms with van der Waals surface area (Å²) < 4.78 is 26.1. The molecule has 9 heteroatoms. The van der Waals surface area contributed by atoms with E-state index in [0.29, 0.717) is 13.1 Å². The number of nitrogens with one attached hydrogen (secondary N) is 2. The lowest BCUT2D eigenvalue weighted by atomic mass is 9.95. The maximum atomic E-state index is 13.2. The molecule has 0 unspecified atom stereocenters. The summed E-state index contributed by atoms with van der Waals surface area (Å²) in [6.45, 7) is 2.93. The molecule has 3 amide bonds. The number of likely N-dealkylation sites (tertiary alicyclic amines) is 2. The molecule has 170 valence electrons. The minimum Gasteiger partial charge on any atom is -0.346 e. The maximum Gasteiger partial charge on any atom is 0.243 e. The summed E-state index contributed by atoms with van der Waals surface area (Å²) in [6, 6.07) is 3.05. The zero-order valence-electron chi connectivity index (χ0n) is 17.7. The highest BCUT2D eigenvalue weighted by Gasteiger charge is 2.29. The molecule has 3 rings (SSSR count). The molecule has 2 aliphatic rings. The number of anilines is 1. The maximum absolute atomic E-state index is 13.2. The lowest BCUT2D eigenvalue weighted by Gasteiger charge is -2.33. The zero-order chi connectivity index (χ0) is 22.2. The fraction of sp³-hybridized carbons (Fsp3) is 0.591. The third-order valence-corrected chi connectivity index (χ3v) is 5.87. The third-order valence-electron chi connectivity index (χ3n) is 5.87. The van der Waals surface area contributed by atoms with Crippen LogP contribution in [-0.2, 0) is 14.4 Å². The summed E-state index contributed by atoms with van der Waals surface area (Å²) in [5.41, 5.74) is 0.120. The van der Waals surface area contributed by atoms with Gasteiger partial charge in [0.15, 0.2) is 11.6 Å². The molecule has 2 heterocycles. The number of rotatable bonds is 6. The monoisotopic (exact) mass is 436 g/mol. The largest absolute Gasteiger partial charge is 0.346 e. The molecule has 0 aliphatic carbocycles. The number of amides is 3. The van der Waals surface area contributed by atoms with E-state index in [1.54, 1.807) is 0 Å². The second kappa shape index (κ2) is 11.2. The first-order valence-electron chi connectivity index (χ1n) is 10.9. The van der Waals surface area contributed by atoms with E-state index in [9.17, 15) is 23.2 Å². The highest BCUT2D eigenvalue weighted by atomic mass is 19.2. The van der Waals surface area contributed by atoms with Crippen LogP contribution in [-0.4, -0.2) is 66.8 Å². The van der Waals surface area contributed by atoms with Crippen molar-refractivity contribution in [3.8, 4) is 0 Å². The van der Waals surface area contributed by atoms with E-state index < -0.39 is 17.5 Å². The van der Waals surface area contributed by atoms with E-state index in [4.69, 9.17) is 0 Å². The molecule has 2 aliphatic heterocycles. The van der Waals surface area contributed by atoms with E-state index in [-0.39, 0.29) is 36.5 Å². The SMILES string of the molecule is O=C(CN1CCC(C(=O)N2CCCCCC2)CC1)NCC(=O)Nc1ccc(F)c(F)c1. The molecule has 0 spiro atoms. The van der Waals surface area contributed by atoms with E-state index in [1.165, 1.54) is 18.9 Å². The van der Waals surface area contributed by atoms with Crippen LogP contribution in [0.15, 0.2) is 18.2 Å². The van der Waals surface area contributed by atoms with Gasteiger partial charge in [-0.05, 0) is 50.9 Å². The van der Waals surface area contributed by atoms with Crippen molar-refractivity contribution in [2.24, 2.45) is 5.92 Å². The first-order valence-corrected chi connectivity index (χ1v) is 10.9. The number of benzene rings is 1. The number of hydrogen-bond donors (Lipinski definition) is 2. The van der Waals surface area contributed by atoms with E-state index in [1.807, 2.05) is 9.80 Å². The van der Waals surface area contributed by atoms with Crippen LogP contribution in [0, 0.1) is 17.6 Å². The average molecular weight is 437 g/mol. The van der Waals surface area contributed by atoms with Crippen molar-refractivity contribution in [1.29, 1.82) is 0 Å². The van der Waals surface area contributed by atoms with Crippen LogP contribution in [0.25, 0.3) is 0 Å². The van der Waals surface area contributed by atoms with Crippen molar-refractivity contribution in [1.82, 2.24) is 15.1 Å². The van der Waals surface area contributed by atoms with Gasteiger partial charge in [0.05, 0.1) is 13.1 Å². The molecule has 1 aromatic carbocycles. The zero-order valence-corrected chi connectivity index (χ0v) is 17.7. The first kappa shape index (κ1) is 23.1. The minimum atomic E-state index is -1.06. The van der Waals surface area contributed by atoms with Crippen molar-refractivity contribution in [3.05, 3.63) is 29.8 Å². The minimum absolute atomic E-state index is 0.0271. The van der Waals surface area contributed by atoms with Crippen molar-refractivity contribution in [2.45, 2.75) is 38.5 Å². The Labute approximate surface area is 181 Å². The Bertz CT molecular complexity index is 789. The number of halogens is 2. The van der Waals surface area contributed by atoms with Gasteiger partial charge in [-0.3, -0.25) is 19.3 Å². The molecule has 0 radical (unpaired) electrons. The van der Waals surface area contributed by atoms with Gasteiger partial charge in [-0.1, -0.05) is 12.8 Å². The van der Waals surface area contributed by atoms with E-state index >= 15 is 0 Å². The predicted octanol–water partition coefficient (Wildman–Crippen LogP) is 2.13. The standard InChI is InChI=1S/C22H30F2N4O3/c23-18-6-5-17(13-19(18)24)26-20(29)14-25-21(30)15-27-11-7-16(8-12-27)22(31)28-9-3-1-2-4-10-28/h5-6,13,16H,1-4,7-12,14-15H2,(H,25,30)(H,26,29). The number of nitrogens with zero attached hydrogens (tertiary/aromatic N) is 2. The Morgan fingerprint density at radius 2 is 1.58 bits per heavy atom. The van der Waals surface area contributed by atoms with Gasteiger partial charge in [-0.15, -0.1) is 0 Å². The Kier molecular flexibility index (Phi) is 8.34. The Morgan fingerprint density at radius 3 is 2.23 bits per heavy atom. The van der Waals surface area contributed by atoms with Gasteiger partial charge in [0.25, 0.3) is 0 Å². The van der Waals surface area contributed by atoms with Crippen LogP contribution in [0.5, 0.6) is 0 Å². The number of carbonyl (C=O) groups excluding carboxylic acids is 3. The molecule has 0 bridgehead atoms. The summed E-state index contributed by atoms with van der Waals surface area (Å²) in [5, 5.41) is 4.94. The van der Waals surface area contributed by atoms with Crippen molar-refractivity contribution in [2.75, 3.05) is 44.6 Å². The van der Waals surface area contributed by atoms with Crippen molar-refractivity contribution >= 4 is 23.4 Å². The molecule has 0 saturated carbocycles. The van der Waals surface area contributed by atoms with Crippen LogP contribution >= 0.6 is 0 Å². The first-order chi connectivity index (χ1) is 14.9. The average Bonchev–Trinajstić information content (AvgIpc) is 3.05. The second-order valence-corrected chi connectivity index (χ2v) is 8.24. The van der Waals surface area contributed by atoms with Crippen LogP contribution in [0.4, 0.5) is 14.5 Å². The lowest BCUT2D eigenvalue weighted by Crippen LogP contribution is -2.46. The Balaban J connectivity index is 1.35. The molecular formula is C22H30F2N4O3. The van der Waals surface area contributed by atoms with E-state index in [0.717, 1.165) is 50.9 Å². The summed E-state index contributed by atoms with van der Waals surface area (Å²) in [7, 11) is 0. The van der Waals surface area contributed by atoms with Gasteiger partial charge in [-0.2, -0.15) is 0 Å². The normalized spacial score (nSPS) is 18.3. The third kappa shape index (κ3) is 6.99. The topological polar surface area (TPSA) is 81.8 Å². The van der Waals surface area contributed by atoms with E-state index in [2.05, 4.69) is 10.6 Å². The summed E-state index contributed by atoms with van der Waals surface area (Å²) in [5.74, 6) is -2.60. The number of carbonyl (C=O) groups is 3. The van der Waals surface area contributed by atoms with Gasteiger partial charge in [-0.25, -0.2) is 8.78 Å². The molecule has 0 aromatic heterocycles. The fourth-order valence-electron chi connectivity index (χ4n) is 4.10. The molecule has 0 atom stereocenters. The molecule has 31 heavy (non-hydrogen) atoms. The van der Waals surface area contributed by atoms with Crippen molar-refractivity contribution < 1.29 is 23.2 Å². The van der Waals surface area contributed by atoms with Gasteiger partial charge < -0.3 is 15.5 Å². The van der Waals surface area contributed by atoms with Gasteiger partial charge in [0.1, 0.15) is 0 Å². The summed E-state index contributed by atoms with van der Waals surface area (Å²) in [6.07, 6.45) is 6.01. The highest BCUT2D eigenvalue weighted by Crippen LogP contribution is 2.21. The van der Waals surface area contributed by atoms with Gasteiger partial charge >= 0.3 is 0 Å². The Hall–Kier alpha value is -2.55. The van der Waals surface area contributed by atoms with Crippen LogP contribution < -0.4 is 10.6 Å². The van der Waals surface area contributed by atoms with Crippen LogP contribution in [0.2, 0.25) is 0 Å². The molecule has 2 N–H and O–H groups in total. The molecule has 2 fully saturated rings. The van der Waals surface area contributed by atoms with Crippen LogP contribution in [0.1, 0.15) is 38.5 Å². The molecule has 2 saturated heterocycles. The smallest absolute Gasteiger partial charge is 0.243 e. The number of piperidine rings is 1. The Morgan fingerprint density at radius 1 is 0.903 bits per heavy atom. The van der Waals surface area contributed by atoms with Crippen molar-refractivity contribution in [3.63, 3.8) is 0 Å². The van der Waals surface area contributed by atoms with Crippen LogP contribution in [0.3, 0.4) is 0 Å². The lowest BCUT2D eigenvalue weighted by molar-refractivity contribution is -0.137.